The van der Waals surface area contributed by atoms with Crippen LogP contribution < -0.4 is 10.2 Å². The van der Waals surface area contributed by atoms with Crippen LogP contribution >= 0.6 is 0 Å². The molecule has 2 aromatic rings. The maximum atomic E-state index is 4.62. The average Bonchev–Trinajstić information content (AvgIpc) is 2.55. The van der Waals surface area contributed by atoms with Gasteiger partial charge in [-0.3, -0.25) is 4.98 Å². The Kier molecular flexibility index (Phi) is 3.94. The van der Waals surface area contributed by atoms with Crippen LogP contribution in [0, 0.1) is 6.92 Å². The summed E-state index contributed by atoms with van der Waals surface area (Å²) >= 11 is 0. The van der Waals surface area contributed by atoms with Gasteiger partial charge in [-0.2, -0.15) is 0 Å². The third kappa shape index (κ3) is 3.09. The van der Waals surface area contributed by atoms with Crippen LogP contribution in [0.1, 0.15) is 30.3 Å². The quantitative estimate of drug-likeness (QED) is 0.930. The molecule has 1 atom stereocenters. The van der Waals surface area contributed by atoms with Crippen molar-refractivity contribution in [3.63, 3.8) is 0 Å². The molecule has 1 N–H and O–H groups in total. The minimum Gasteiger partial charge on any atom is -0.373 e. The Morgan fingerprint density at radius 2 is 2.19 bits per heavy atom. The highest BCUT2D eigenvalue weighted by molar-refractivity contribution is 5.40. The van der Waals surface area contributed by atoms with Gasteiger partial charge in [0.1, 0.15) is 17.5 Å². The third-order valence-corrected chi connectivity index (χ3v) is 3.83. The van der Waals surface area contributed by atoms with Crippen molar-refractivity contribution in [1.82, 2.24) is 19.9 Å². The van der Waals surface area contributed by atoms with Crippen LogP contribution in [0.3, 0.4) is 0 Å². The molecule has 3 heterocycles. The van der Waals surface area contributed by atoms with E-state index >= 15 is 0 Å². The van der Waals surface area contributed by atoms with Crippen molar-refractivity contribution in [1.29, 1.82) is 0 Å². The first-order valence-electron chi connectivity index (χ1n) is 7.30. The maximum Gasteiger partial charge on any atom is 0.147 e. The highest BCUT2D eigenvalue weighted by Gasteiger charge is 2.24. The number of hydrogen-bond donors (Lipinski definition) is 1. The summed E-state index contributed by atoms with van der Waals surface area (Å²) < 4.78 is 0. The number of aryl methyl sites for hydroxylation is 1. The van der Waals surface area contributed by atoms with E-state index in [1.807, 2.05) is 20.2 Å². The van der Waals surface area contributed by atoms with E-state index in [9.17, 15) is 0 Å². The first-order chi connectivity index (χ1) is 10.3. The van der Waals surface area contributed by atoms with Crippen LogP contribution in [0.25, 0.3) is 0 Å². The van der Waals surface area contributed by atoms with E-state index in [1.54, 1.807) is 12.4 Å². The van der Waals surface area contributed by atoms with Crippen LogP contribution in [0.5, 0.6) is 0 Å². The molecule has 6 heteroatoms. The molecule has 1 saturated heterocycles. The summed E-state index contributed by atoms with van der Waals surface area (Å²) in [5, 5.41) is 3.10. The molecule has 0 radical (unpaired) electrons. The minimum atomic E-state index is 0.412. The molecule has 1 fully saturated rings. The zero-order valence-electron chi connectivity index (χ0n) is 12.5. The topological polar surface area (TPSA) is 66.8 Å². The van der Waals surface area contributed by atoms with Gasteiger partial charge in [0, 0.05) is 44.5 Å². The van der Waals surface area contributed by atoms with Crippen molar-refractivity contribution in [3.8, 4) is 0 Å². The van der Waals surface area contributed by atoms with Gasteiger partial charge in [0.25, 0.3) is 0 Å². The molecule has 0 aromatic carbocycles. The van der Waals surface area contributed by atoms with Gasteiger partial charge in [-0.05, 0) is 19.8 Å². The van der Waals surface area contributed by atoms with Gasteiger partial charge in [0.15, 0.2) is 0 Å². The molecule has 110 valence electrons. The molecule has 1 aliphatic heterocycles. The molecule has 0 aliphatic carbocycles. The first-order valence-corrected chi connectivity index (χ1v) is 7.30. The van der Waals surface area contributed by atoms with E-state index in [0.29, 0.717) is 5.92 Å². The van der Waals surface area contributed by atoms with Crippen LogP contribution in [0.2, 0.25) is 0 Å². The number of nitrogens with zero attached hydrogens (tertiary/aromatic N) is 5. The van der Waals surface area contributed by atoms with Crippen molar-refractivity contribution in [3.05, 3.63) is 36.2 Å². The Morgan fingerprint density at radius 1 is 1.29 bits per heavy atom. The molecule has 21 heavy (non-hydrogen) atoms. The summed E-state index contributed by atoms with van der Waals surface area (Å²) in [6.07, 6.45) is 7.56. The number of piperidine rings is 1. The Morgan fingerprint density at radius 3 is 2.95 bits per heavy atom. The summed E-state index contributed by atoms with van der Waals surface area (Å²) in [6, 6.07) is 2.05. The Hall–Kier alpha value is -2.24. The van der Waals surface area contributed by atoms with Gasteiger partial charge < -0.3 is 10.2 Å². The third-order valence-electron chi connectivity index (χ3n) is 3.83. The second-order valence-electron chi connectivity index (χ2n) is 5.32. The van der Waals surface area contributed by atoms with Crippen molar-refractivity contribution in [2.45, 2.75) is 25.7 Å². The van der Waals surface area contributed by atoms with Gasteiger partial charge in [-0.15, -0.1) is 0 Å². The van der Waals surface area contributed by atoms with E-state index < -0.39 is 0 Å². The van der Waals surface area contributed by atoms with Crippen LogP contribution in [-0.2, 0) is 0 Å². The first kappa shape index (κ1) is 13.7. The highest BCUT2D eigenvalue weighted by atomic mass is 15.2. The molecule has 0 spiro atoms. The summed E-state index contributed by atoms with van der Waals surface area (Å²) in [6.45, 7) is 3.89. The largest absolute Gasteiger partial charge is 0.373 e. The molecule has 0 saturated carbocycles. The fourth-order valence-electron chi connectivity index (χ4n) is 2.81. The zero-order valence-corrected chi connectivity index (χ0v) is 12.5. The molecule has 0 bridgehead atoms. The molecule has 1 aliphatic rings. The second-order valence-corrected chi connectivity index (χ2v) is 5.32. The lowest BCUT2D eigenvalue weighted by atomic mass is 9.94. The Bertz CT molecular complexity index is 600. The zero-order chi connectivity index (χ0) is 14.7. The predicted octanol–water partition coefficient (Wildman–Crippen LogP) is 2.00. The van der Waals surface area contributed by atoms with Gasteiger partial charge in [0.2, 0.25) is 0 Å². The predicted molar refractivity (Wildman–Crippen MR) is 82.5 cm³/mol. The molecule has 3 rings (SSSR count). The van der Waals surface area contributed by atoms with Crippen LogP contribution in [0.4, 0.5) is 11.6 Å². The fraction of sp³-hybridized carbons (Fsp3) is 0.467. The standard InChI is InChI=1S/C15H20N6/c1-11-19-13(8-14(16-2)20-11)12-4-3-7-21(10-12)15-9-17-5-6-18-15/h5-6,8-9,12H,3-4,7,10H2,1-2H3,(H,16,19,20)/t12-/m1/s1. The number of hydrogen-bond acceptors (Lipinski definition) is 6. The molecule has 6 nitrogen and oxygen atoms in total. The molecule has 2 aromatic heterocycles. The van der Waals surface area contributed by atoms with Gasteiger partial charge in [-0.25, -0.2) is 15.0 Å². The fourth-order valence-corrected chi connectivity index (χ4v) is 2.81. The number of aromatic nitrogens is 4. The smallest absolute Gasteiger partial charge is 0.147 e. The van der Waals surface area contributed by atoms with E-state index in [4.69, 9.17) is 0 Å². The van der Waals surface area contributed by atoms with Gasteiger partial charge >= 0.3 is 0 Å². The van der Waals surface area contributed by atoms with E-state index in [2.05, 4.69) is 36.2 Å². The number of nitrogens with one attached hydrogen (secondary N) is 1. The van der Waals surface area contributed by atoms with Gasteiger partial charge in [-0.1, -0.05) is 0 Å². The molecule has 0 unspecified atom stereocenters. The van der Waals surface area contributed by atoms with Crippen molar-refractivity contribution < 1.29 is 0 Å². The monoisotopic (exact) mass is 284 g/mol. The lowest BCUT2D eigenvalue weighted by Crippen LogP contribution is -2.35. The molecular formula is C15H20N6. The SMILES string of the molecule is CNc1cc([C@@H]2CCCN(c3cnccn3)C2)nc(C)n1. The number of anilines is 2. The van der Waals surface area contributed by atoms with Crippen molar-refractivity contribution in [2.24, 2.45) is 0 Å². The minimum absolute atomic E-state index is 0.412. The number of rotatable bonds is 3. The van der Waals surface area contributed by atoms with Crippen molar-refractivity contribution >= 4 is 11.6 Å². The summed E-state index contributed by atoms with van der Waals surface area (Å²) in [5.74, 6) is 3.05. The van der Waals surface area contributed by atoms with Gasteiger partial charge in [0.05, 0.1) is 11.9 Å². The van der Waals surface area contributed by atoms with E-state index in [-0.39, 0.29) is 0 Å². The molecular weight excluding hydrogens is 264 g/mol. The summed E-state index contributed by atoms with van der Waals surface area (Å²) in [7, 11) is 1.89. The van der Waals surface area contributed by atoms with Crippen molar-refractivity contribution in [2.75, 3.05) is 30.4 Å². The van der Waals surface area contributed by atoms with E-state index in [0.717, 1.165) is 49.1 Å². The lowest BCUT2D eigenvalue weighted by molar-refractivity contribution is 0.497. The second kappa shape index (κ2) is 6.03. The Labute approximate surface area is 124 Å². The molecule has 0 amide bonds. The normalized spacial score (nSPS) is 18.6. The Balaban J connectivity index is 1.81. The highest BCUT2D eigenvalue weighted by Crippen LogP contribution is 2.28. The maximum absolute atomic E-state index is 4.62. The lowest BCUT2D eigenvalue weighted by Gasteiger charge is -2.33. The van der Waals surface area contributed by atoms with Crippen LogP contribution in [-0.4, -0.2) is 40.1 Å². The van der Waals surface area contributed by atoms with E-state index in [1.165, 1.54) is 0 Å². The summed E-state index contributed by atoms with van der Waals surface area (Å²) in [4.78, 5) is 19.8. The summed E-state index contributed by atoms with van der Waals surface area (Å²) in [5.41, 5.74) is 1.11. The van der Waals surface area contributed by atoms with Crippen LogP contribution in [0.15, 0.2) is 24.7 Å². The average molecular weight is 284 g/mol.